The fourth-order valence-corrected chi connectivity index (χ4v) is 3.12. The molecule has 2 amide bonds. The average Bonchev–Trinajstić information content (AvgIpc) is 2.44. The fraction of sp³-hybridized carbons (Fsp3) is 0.875. The monoisotopic (exact) mass is 298 g/mol. The van der Waals surface area contributed by atoms with Crippen LogP contribution in [0.1, 0.15) is 58.8 Å². The Bertz CT molecular complexity index is 351. The largest absolute Gasteiger partial charge is 0.481 e. The van der Waals surface area contributed by atoms with Crippen molar-refractivity contribution in [2.75, 3.05) is 20.1 Å². The van der Waals surface area contributed by atoms with E-state index in [0.29, 0.717) is 12.5 Å². The summed E-state index contributed by atoms with van der Waals surface area (Å²) in [7, 11) is 1.80. The van der Waals surface area contributed by atoms with Gasteiger partial charge in [-0.3, -0.25) is 4.79 Å². The number of carboxylic acids is 1. The van der Waals surface area contributed by atoms with Crippen molar-refractivity contribution in [3.63, 3.8) is 0 Å². The molecule has 1 rings (SSSR count). The second kappa shape index (κ2) is 8.25. The van der Waals surface area contributed by atoms with Gasteiger partial charge in [0.15, 0.2) is 0 Å². The standard InChI is InChI=1S/C16H30N2O3/c1-4-13(2)11-18(3)15(21)17-12-16(10-14(19)20)8-6-5-7-9-16/h13H,4-12H2,1-3H3,(H,17,21)(H,19,20). The van der Waals surface area contributed by atoms with Crippen molar-refractivity contribution in [1.29, 1.82) is 0 Å². The Labute approximate surface area is 128 Å². The normalized spacial score (nSPS) is 18.8. The van der Waals surface area contributed by atoms with Crippen molar-refractivity contribution in [2.45, 2.75) is 58.8 Å². The van der Waals surface area contributed by atoms with Gasteiger partial charge in [-0.1, -0.05) is 39.5 Å². The lowest BCUT2D eigenvalue weighted by Gasteiger charge is -2.36. The van der Waals surface area contributed by atoms with Gasteiger partial charge in [-0.15, -0.1) is 0 Å². The van der Waals surface area contributed by atoms with E-state index in [2.05, 4.69) is 19.2 Å². The van der Waals surface area contributed by atoms with Crippen molar-refractivity contribution < 1.29 is 14.7 Å². The first-order valence-electron chi connectivity index (χ1n) is 8.09. The number of hydrogen-bond acceptors (Lipinski definition) is 2. The Morgan fingerprint density at radius 3 is 2.43 bits per heavy atom. The Morgan fingerprint density at radius 1 is 1.29 bits per heavy atom. The van der Waals surface area contributed by atoms with E-state index in [1.54, 1.807) is 11.9 Å². The molecule has 5 heteroatoms. The molecule has 1 unspecified atom stereocenters. The fourth-order valence-electron chi connectivity index (χ4n) is 3.12. The summed E-state index contributed by atoms with van der Waals surface area (Å²) in [6.45, 7) is 5.44. The van der Waals surface area contributed by atoms with Crippen LogP contribution in [0, 0.1) is 11.3 Å². The zero-order chi connectivity index (χ0) is 15.9. The predicted octanol–water partition coefficient (Wildman–Crippen LogP) is 3.10. The Kier molecular flexibility index (Phi) is 6.99. The maximum Gasteiger partial charge on any atom is 0.317 e. The molecule has 0 bridgehead atoms. The van der Waals surface area contributed by atoms with Crippen LogP contribution >= 0.6 is 0 Å². The van der Waals surface area contributed by atoms with Crippen LogP contribution in [-0.2, 0) is 4.79 Å². The third-order valence-electron chi connectivity index (χ3n) is 4.68. The SMILES string of the molecule is CCC(C)CN(C)C(=O)NCC1(CC(=O)O)CCCCC1. The number of rotatable bonds is 7. The second-order valence-electron chi connectivity index (χ2n) is 6.68. The Morgan fingerprint density at radius 2 is 1.90 bits per heavy atom. The molecule has 0 aromatic heterocycles. The lowest BCUT2D eigenvalue weighted by atomic mass is 9.72. The number of aliphatic carboxylic acids is 1. The molecule has 1 saturated carbocycles. The van der Waals surface area contributed by atoms with Crippen LogP contribution < -0.4 is 5.32 Å². The topological polar surface area (TPSA) is 69.6 Å². The van der Waals surface area contributed by atoms with Crippen molar-refractivity contribution in [1.82, 2.24) is 10.2 Å². The first kappa shape index (κ1) is 17.8. The van der Waals surface area contributed by atoms with Crippen LogP contribution in [0.3, 0.4) is 0 Å². The molecule has 1 fully saturated rings. The maximum absolute atomic E-state index is 12.1. The molecule has 0 aromatic carbocycles. The van der Waals surface area contributed by atoms with Gasteiger partial charge < -0.3 is 15.3 Å². The van der Waals surface area contributed by atoms with Gasteiger partial charge in [0, 0.05) is 20.1 Å². The van der Waals surface area contributed by atoms with Gasteiger partial charge in [0.25, 0.3) is 0 Å². The number of carbonyl (C=O) groups excluding carboxylic acids is 1. The summed E-state index contributed by atoms with van der Waals surface area (Å²) in [6, 6.07) is -0.0920. The number of nitrogens with zero attached hydrogens (tertiary/aromatic N) is 1. The van der Waals surface area contributed by atoms with Gasteiger partial charge >= 0.3 is 12.0 Å². The number of amides is 2. The number of carbonyl (C=O) groups is 2. The highest BCUT2D eigenvalue weighted by atomic mass is 16.4. The Hall–Kier alpha value is -1.26. The van der Waals surface area contributed by atoms with Gasteiger partial charge in [0.05, 0.1) is 6.42 Å². The molecule has 0 aliphatic heterocycles. The molecule has 0 saturated heterocycles. The van der Waals surface area contributed by atoms with Gasteiger partial charge in [0.2, 0.25) is 0 Å². The zero-order valence-corrected chi connectivity index (χ0v) is 13.7. The summed E-state index contributed by atoms with van der Waals surface area (Å²) in [4.78, 5) is 24.9. The minimum atomic E-state index is -0.765. The highest BCUT2D eigenvalue weighted by molar-refractivity contribution is 5.74. The van der Waals surface area contributed by atoms with Crippen LogP contribution in [0.4, 0.5) is 4.79 Å². The predicted molar refractivity (Wildman–Crippen MR) is 83.3 cm³/mol. The number of carboxylic acid groups (broad SMARTS) is 1. The molecule has 1 aliphatic carbocycles. The van der Waals surface area contributed by atoms with Gasteiger partial charge in [-0.05, 0) is 24.2 Å². The summed E-state index contributed by atoms with van der Waals surface area (Å²) >= 11 is 0. The van der Waals surface area contributed by atoms with E-state index in [1.165, 1.54) is 6.42 Å². The minimum absolute atomic E-state index is 0.0920. The highest BCUT2D eigenvalue weighted by Gasteiger charge is 2.35. The van der Waals surface area contributed by atoms with Crippen LogP contribution in [0.5, 0.6) is 0 Å². The van der Waals surface area contributed by atoms with Crippen molar-refractivity contribution in [3.05, 3.63) is 0 Å². The van der Waals surface area contributed by atoms with Crippen molar-refractivity contribution in [3.8, 4) is 0 Å². The molecular weight excluding hydrogens is 268 g/mol. The Balaban J connectivity index is 2.52. The molecule has 0 aromatic rings. The summed E-state index contributed by atoms with van der Waals surface area (Å²) in [5.74, 6) is -0.289. The smallest absolute Gasteiger partial charge is 0.317 e. The third kappa shape index (κ3) is 5.94. The van der Waals surface area contributed by atoms with E-state index in [1.807, 2.05) is 0 Å². The van der Waals surface area contributed by atoms with E-state index in [9.17, 15) is 9.59 Å². The molecule has 1 atom stereocenters. The van der Waals surface area contributed by atoms with E-state index in [4.69, 9.17) is 5.11 Å². The number of urea groups is 1. The number of hydrogen-bond donors (Lipinski definition) is 2. The van der Waals surface area contributed by atoms with E-state index in [-0.39, 0.29) is 17.9 Å². The average molecular weight is 298 g/mol. The minimum Gasteiger partial charge on any atom is -0.481 e. The van der Waals surface area contributed by atoms with E-state index >= 15 is 0 Å². The number of nitrogens with one attached hydrogen (secondary N) is 1. The first-order valence-corrected chi connectivity index (χ1v) is 8.09. The molecule has 0 heterocycles. The highest BCUT2D eigenvalue weighted by Crippen LogP contribution is 2.38. The quantitative estimate of drug-likeness (QED) is 0.758. The summed E-state index contributed by atoms with van der Waals surface area (Å²) < 4.78 is 0. The third-order valence-corrected chi connectivity index (χ3v) is 4.68. The molecular formula is C16H30N2O3. The van der Waals surface area contributed by atoms with Crippen molar-refractivity contribution >= 4 is 12.0 Å². The molecule has 21 heavy (non-hydrogen) atoms. The first-order chi connectivity index (χ1) is 9.88. The summed E-state index contributed by atoms with van der Waals surface area (Å²) in [5, 5.41) is 12.1. The summed E-state index contributed by atoms with van der Waals surface area (Å²) in [5.41, 5.74) is -0.253. The van der Waals surface area contributed by atoms with Gasteiger partial charge in [0.1, 0.15) is 0 Å². The molecule has 2 N–H and O–H groups in total. The van der Waals surface area contributed by atoms with Gasteiger partial charge in [-0.25, -0.2) is 4.79 Å². The molecule has 0 radical (unpaired) electrons. The van der Waals surface area contributed by atoms with Crippen LogP contribution in [0.25, 0.3) is 0 Å². The van der Waals surface area contributed by atoms with Gasteiger partial charge in [-0.2, -0.15) is 0 Å². The second-order valence-corrected chi connectivity index (χ2v) is 6.68. The molecule has 1 aliphatic rings. The van der Waals surface area contributed by atoms with Crippen LogP contribution in [-0.4, -0.2) is 42.1 Å². The van der Waals surface area contributed by atoms with Crippen LogP contribution in [0.15, 0.2) is 0 Å². The van der Waals surface area contributed by atoms with Crippen LogP contribution in [0.2, 0.25) is 0 Å². The molecule has 0 spiro atoms. The van der Waals surface area contributed by atoms with E-state index < -0.39 is 5.97 Å². The molecule has 122 valence electrons. The molecule has 5 nitrogen and oxygen atoms in total. The maximum atomic E-state index is 12.1. The van der Waals surface area contributed by atoms with Crippen molar-refractivity contribution in [2.24, 2.45) is 11.3 Å². The lowest BCUT2D eigenvalue weighted by Crippen LogP contribution is -2.45. The lowest BCUT2D eigenvalue weighted by molar-refractivity contribution is -0.140. The van der Waals surface area contributed by atoms with E-state index in [0.717, 1.165) is 38.6 Å². The summed E-state index contributed by atoms with van der Waals surface area (Å²) in [6.07, 6.45) is 6.28. The zero-order valence-electron chi connectivity index (χ0n) is 13.7.